The van der Waals surface area contributed by atoms with Crippen molar-refractivity contribution in [1.29, 1.82) is 0 Å². The van der Waals surface area contributed by atoms with Gasteiger partial charge in [0, 0.05) is 18.6 Å². The topological polar surface area (TPSA) is 83.8 Å². The molecule has 0 saturated heterocycles. The molecule has 10 aliphatic carbocycles. The maximum absolute atomic E-state index is 13.0. The van der Waals surface area contributed by atoms with Gasteiger partial charge in [0.15, 0.2) is 0 Å². The van der Waals surface area contributed by atoms with Crippen LogP contribution in [0.5, 0.6) is 0 Å². The first kappa shape index (κ1) is 80.5. The van der Waals surface area contributed by atoms with Crippen LogP contribution in [0, 0.1) is 104 Å². The Hall–Kier alpha value is -4.22. The number of esters is 1. The van der Waals surface area contributed by atoms with Gasteiger partial charge in [0.05, 0.1) is 6.10 Å². The zero-order valence-corrected chi connectivity index (χ0v) is 67.1. The Morgan fingerprint density at radius 3 is 1.38 bits per heavy atom. The van der Waals surface area contributed by atoms with Crippen LogP contribution in [-0.4, -0.2) is 34.4 Å². The molecule has 10 aliphatic rings. The van der Waals surface area contributed by atoms with Crippen molar-refractivity contribution < 1.29 is 24.5 Å². The summed E-state index contributed by atoms with van der Waals surface area (Å²) in [5.41, 5.74) is 15.5. The highest BCUT2D eigenvalue weighted by Gasteiger charge is 2.61. The van der Waals surface area contributed by atoms with Crippen molar-refractivity contribution >= 4 is 11.9 Å². The fourth-order valence-corrected chi connectivity index (χ4v) is 23.4. The lowest BCUT2D eigenvalue weighted by molar-refractivity contribution is -0.145. The van der Waals surface area contributed by atoms with Crippen LogP contribution in [0.25, 0.3) is 0 Å². The highest BCUT2D eigenvalue weighted by Crippen LogP contribution is 2.69. The average Bonchev–Trinajstić information content (AvgIpc) is 1.69. The van der Waals surface area contributed by atoms with E-state index in [1.807, 2.05) is 25.2 Å². The maximum Gasteiger partial charge on any atom is 0.331 e. The van der Waals surface area contributed by atoms with Gasteiger partial charge in [-0.05, 0) is 302 Å². The van der Waals surface area contributed by atoms with Crippen molar-refractivity contribution in [1.82, 2.24) is 0 Å². The number of aliphatic hydroxyl groups excluding tert-OH is 1. The second kappa shape index (κ2) is 34.6. The molecular weight excluding hydrogens is 1210 g/mol. The molecule has 0 spiro atoms. The first-order valence-electron chi connectivity index (χ1n) is 41.0. The number of allylic oxidation sites excluding steroid dienone is 20. The van der Waals surface area contributed by atoms with Gasteiger partial charge in [0.2, 0.25) is 0 Å². The normalized spacial score (nSPS) is 35.3. The molecule has 0 aromatic carbocycles. The summed E-state index contributed by atoms with van der Waals surface area (Å²) in [6.07, 6.45) is 65.2. The van der Waals surface area contributed by atoms with Crippen molar-refractivity contribution in [2.75, 3.05) is 0 Å². The van der Waals surface area contributed by atoms with Crippen molar-refractivity contribution in [3.05, 3.63) is 141 Å². The Bertz CT molecular complexity index is 3160. The van der Waals surface area contributed by atoms with Gasteiger partial charge in [-0.25, -0.2) is 9.59 Å². The third-order valence-electron chi connectivity index (χ3n) is 29.1. The number of ether oxygens (including phenoxy) is 1. The molecule has 0 aromatic heterocycles. The number of carboxylic acids is 1. The number of carbonyl (C=O) groups is 2. The van der Waals surface area contributed by atoms with Gasteiger partial charge in [-0.2, -0.15) is 0 Å². The van der Waals surface area contributed by atoms with Crippen LogP contribution in [0.3, 0.4) is 0 Å². The van der Waals surface area contributed by atoms with Gasteiger partial charge in [-0.1, -0.05) is 242 Å². The Kier molecular flexibility index (Phi) is 28.1. The van der Waals surface area contributed by atoms with Gasteiger partial charge in [-0.3, -0.25) is 0 Å². The Labute approximate surface area is 607 Å². The molecule has 6 fully saturated rings. The molecule has 5 nitrogen and oxygen atoms in total. The average molecular weight is 1360 g/mol. The van der Waals surface area contributed by atoms with Crippen LogP contribution in [0.2, 0.25) is 0 Å². The third-order valence-corrected chi connectivity index (χ3v) is 29.1. The van der Waals surface area contributed by atoms with Crippen LogP contribution < -0.4 is 0 Å². The van der Waals surface area contributed by atoms with Crippen molar-refractivity contribution in [3.63, 3.8) is 0 Å². The Morgan fingerprint density at radius 2 is 0.949 bits per heavy atom. The lowest BCUT2D eigenvalue weighted by Gasteiger charge is -2.58. The molecule has 2 N–H and O–H groups in total. The molecule has 0 bridgehead atoms. The van der Waals surface area contributed by atoms with Crippen LogP contribution >= 0.6 is 0 Å². The molecule has 5 heteroatoms. The third kappa shape index (κ3) is 19.8. The fraction of sp³-hybridized carbons (Fsp3) is 0.723. The number of fused-ring (bicyclic) bond motifs is 10. The number of hydrogen-bond acceptors (Lipinski definition) is 4. The summed E-state index contributed by atoms with van der Waals surface area (Å²) in [5, 5.41) is 18.9. The minimum absolute atomic E-state index is 0.00175. The number of hydrogen-bond donors (Lipinski definition) is 2. The number of carbonyl (C=O) groups excluding carboxylic acids is 1. The molecule has 6 unspecified atom stereocenters. The van der Waals surface area contributed by atoms with Gasteiger partial charge >= 0.3 is 11.9 Å². The van der Waals surface area contributed by atoms with E-state index >= 15 is 0 Å². The first-order chi connectivity index (χ1) is 46.6. The number of aliphatic hydroxyl groups is 1. The standard InChI is InChI=1S/C47H72O2.C27H46O.C20H28O2/c1-32(2)14-11-17-36(6)41-23-24-42-39-21-20-37-31-38(25-28-46(37,9)43(39)26-29-47(41,42)10)49-44(48)30-34(4)16-12-15-33(3)19-22-40-35(5)18-13-27-45(40,7)8;1-18(2)7-6-8-19(3)23-11-12-24-22-10-9-20-17-21(28)13-15-26(20,4)25(22)14-16-27(23,24)5;1-15(8-6-9-16(2)14-19(21)22)11-12-18-17(3)10-7-13-20(18,4)5/h12,15-16,19-20,22,30,32,36,38-39,41-43H,11,13-14,17-18,21,23-29,31H2,1-10H3;9,18-19,21-25,28H,6-8,10-17H2,1-5H3;6,8-9,11-12,14H,7,10,13H2,1-5H3,(H,21,22)/b16-12+,22-19+,33-15+,34-30+;;9-6+,12-11+,15-8+,16-14+/t36-,38+,39?,41-,42?,43?,46+,47-;19-,21+,22?,23-,24?,25?,26+,27-;/m11./s1. The summed E-state index contributed by atoms with van der Waals surface area (Å²) in [7, 11) is 0. The fourth-order valence-electron chi connectivity index (χ4n) is 23.4. The van der Waals surface area contributed by atoms with Crippen molar-refractivity contribution in [2.24, 2.45) is 104 Å². The minimum Gasteiger partial charge on any atom is -0.478 e. The van der Waals surface area contributed by atoms with Crippen LogP contribution in [0.15, 0.2) is 141 Å². The molecule has 0 aromatic rings. The lowest BCUT2D eigenvalue weighted by atomic mass is 9.47. The molecule has 10 rings (SSSR count). The van der Waals surface area contributed by atoms with E-state index in [1.165, 1.54) is 182 Å². The molecular formula is C94H146O5. The zero-order chi connectivity index (χ0) is 72.4. The SMILES string of the molecule is CC(C)CCC[C@@H](C)[C@H]1CCC2C3CC=C4C[C@@H](O)CC[C@]4(C)C3CC[C@@]21C.CC1=C(/C=C/C(C)=C/C=C/C(C)=C/C(=O)O)C(C)(C)CCC1.CC1=C(/C=C/C(C)=C/C=C/C(C)=C/C(=O)O[C@H]2CC[C@@]3(C)C(=CCC4C3CC[C@@]3(C)C4CC[C@@H]3[C@H](C)CCCC(C)C)C2)C(C)(C)CCC1. The van der Waals surface area contributed by atoms with E-state index in [-0.39, 0.29) is 34.4 Å². The highest BCUT2D eigenvalue weighted by molar-refractivity contribution is 5.83. The molecule has 0 radical (unpaired) electrons. The summed E-state index contributed by atoms with van der Waals surface area (Å²) < 4.78 is 6.11. The lowest BCUT2D eigenvalue weighted by Crippen LogP contribution is -2.51. The van der Waals surface area contributed by atoms with Crippen LogP contribution in [0.4, 0.5) is 0 Å². The van der Waals surface area contributed by atoms with Crippen LogP contribution in [0.1, 0.15) is 318 Å². The van der Waals surface area contributed by atoms with Crippen molar-refractivity contribution in [2.45, 2.75) is 330 Å². The maximum atomic E-state index is 13.0. The first-order valence-corrected chi connectivity index (χ1v) is 41.0. The second-order valence-electron chi connectivity index (χ2n) is 38.0. The van der Waals surface area contributed by atoms with E-state index in [0.717, 1.165) is 120 Å². The van der Waals surface area contributed by atoms with Gasteiger partial charge < -0.3 is 14.9 Å². The van der Waals surface area contributed by atoms with E-state index in [4.69, 9.17) is 9.84 Å². The van der Waals surface area contributed by atoms with E-state index < -0.39 is 5.97 Å². The number of aliphatic carboxylic acids is 1. The van der Waals surface area contributed by atoms with Gasteiger partial charge in [0.25, 0.3) is 0 Å². The van der Waals surface area contributed by atoms with E-state index in [0.29, 0.717) is 16.2 Å². The quantitative estimate of drug-likeness (QED) is 0.0518. The predicted octanol–water partition coefficient (Wildman–Crippen LogP) is 26.5. The molecule has 99 heavy (non-hydrogen) atoms. The van der Waals surface area contributed by atoms with E-state index in [1.54, 1.807) is 30.2 Å². The number of carboxylic acid groups (broad SMARTS) is 1. The smallest absolute Gasteiger partial charge is 0.331 e. The summed E-state index contributed by atoms with van der Waals surface area (Å²) >= 11 is 0. The molecule has 16 atom stereocenters. The van der Waals surface area contributed by atoms with Gasteiger partial charge in [-0.15, -0.1) is 0 Å². The van der Waals surface area contributed by atoms with Gasteiger partial charge in [0.1, 0.15) is 6.10 Å². The predicted molar refractivity (Wildman–Crippen MR) is 422 cm³/mol. The molecule has 552 valence electrons. The summed E-state index contributed by atoms with van der Waals surface area (Å²) in [4.78, 5) is 23.6. The van der Waals surface area contributed by atoms with Crippen LogP contribution in [-0.2, 0) is 14.3 Å². The molecule has 0 aliphatic heterocycles. The summed E-state index contributed by atoms with van der Waals surface area (Å²) in [6, 6.07) is 0. The van der Waals surface area contributed by atoms with Crippen molar-refractivity contribution in [3.8, 4) is 0 Å². The summed E-state index contributed by atoms with van der Waals surface area (Å²) in [6.45, 7) is 47.0. The summed E-state index contributed by atoms with van der Waals surface area (Å²) in [5.74, 6) is 9.46. The zero-order valence-electron chi connectivity index (χ0n) is 67.1. The molecule has 0 amide bonds. The second-order valence-corrected chi connectivity index (χ2v) is 38.0. The highest BCUT2D eigenvalue weighted by atomic mass is 16.5. The van der Waals surface area contributed by atoms with E-state index in [9.17, 15) is 14.7 Å². The molecule has 0 heterocycles. The Balaban J connectivity index is 0.000000210. The minimum atomic E-state index is -0.912. The Morgan fingerprint density at radius 1 is 0.515 bits per heavy atom. The largest absolute Gasteiger partial charge is 0.478 e. The monoisotopic (exact) mass is 1360 g/mol. The number of rotatable bonds is 21. The molecule has 6 saturated carbocycles. The van der Waals surface area contributed by atoms with E-state index in [2.05, 4.69) is 173 Å².